The number of carbonyl (C=O) groups excluding carboxylic acids is 1. The van der Waals surface area contributed by atoms with E-state index in [0.717, 1.165) is 6.08 Å². The van der Waals surface area contributed by atoms with Gasteiger partial charge >= 0.3 is 5.97 Å². The Kier molecular flexibility index (Phi) is 6.98. The first kappa shape index (κ1) is 11.9. The second-order valence-electron chi connectivity index (χ2n) is 2.73. The predicted molar refractivity (Wildman–Crippen MR) is 54.4 cm³/mol. The number of allylic oxidation sites excluding steroid dienone is 2. The van der Waals surface area contributed by atoms with Crippen LogP contribution in [0.5, 0.6) is 0 Å². The van der Waals surface area contributed by atoms with E-state index in [9.17, 15) is 4.79 Å². The third-order valence-corrected chi connectivity index (χ3v) is 1.48. The van der Waals surface area contributed by atoms with Gasteiger partial charge in [-0.3, -0.25) is 0 Å². The van der Waals surface area contributed by atoms with Gasteiger partial charge in [-0.1, -0.05) is 25.2 Å². The lowest BCUT2D eigenvalue weighted by Crippen LogP contribution is -1.97. The van der Waals surface area contributed by atoms with Gasteiger partial charge in [0.2, 0.25) is 0 Å². The van der Waals surface area contributed by atoms with Crippen LogP contribution in [0.15, 0.2) is 24.3 Å². The normalized spacial score (nSPS) is 12.3. The lowest BCUT2D eigenvalue weighted by atomic mass is 10.4. The van der Waals surface area contributed by atoms with Crippen molar-refractivity contribution < 1.29 is 9.53 Å². The van der Waals surface area contributed by atoms with Crippen molar-refractivity contribution in [2.75, 3.05) is 6.61 Å². The molecule has 0 aliphatic heterocycles. The molecule has 0 radical (unpaired) electrons. The van der Waals surface area contributed by atoms with Crippen LogP contribution in [-0.4, -0.2) is 12.6 Å². The van der Waals surface area contributed by atoms with Crippen LogP contribution in [0.4, 0.5) is 0 Å². The quantitative estimate of drug-likeness (QED) is 0.381. The molecular weight excluding hydrogens is 164 g/mol. The Bertz CT molecular complexity index is 186. The van der Waals surface area contributed by atoms with Gasteiger partial charge in [-0.15, -0.1) is 0 Å². The molecule has 0 aromatic heterocycles. The highest BCUT2D eigenvalue weighted by Gasteiger charge is 2.07. The number of rotatable bonds is 3. The maximum Gasteiger partial charge on any atom is 0.330 e. The minimum absolute atomic E-state index is 0.359. The van der Waals surface area contributed by atoms with Gasteiger partial charge in [0.25, 0.3) is 0 Å². The Morgan fingerprint density at radius 3 is 2.31 bits per heavy atom. The van der Waals surface area contributed by atoms with Crippen LogP contribution in [0, 0.1) is 0 Å². The third-order valence-electron chi connectivity index (χ3n) is 1.48. The van der Waals surface area contributed by atoms with Crippen LogP contribution in [-0.2, 0) is 9.53 Å². The molecule has 1 aliphatic carbocycles. The number of carbonyl (C=O) groups is 1. The van der Waals surface area contributed by atoms with Crippen molar-refractivity contribution in [3.63, 3.8) is 0 Å². The van der Waals surface area contributed by atoms with Gasteiger partial charge in [-0.2, -0.15) is 0 Å². The summed E-state index contributed by atoms with van der Waals surface area (Å²) in [5.74, 6) is -0.359. The van der Waals surface area contributed by atoms with Crippen molar-refractivity contribution >= 4 is 5.97 Å². The molecule has 0 unspecified atom stereocenters. The van der Waals surface area contributed by atoms with Gasteiger partial charge in [0, 0.05) is 6.08 Å². The van der Waals surface area contributed by atoms with E-state index in [4.69, 9.17) is 0 Å². The third kappa shape index (κ3) is 8.86. The average molecular weight is 182 g/mol. The molecule has 0 N–H and O–H groups in total. The maximum absolute atomic E-state index is 10.1. The highest BCUT2D eigenvalue weighted by atomic mass is 16.5. The molecule has 0 spiro atoms. The molecule has 0 saturated heterocycles. The minimum atomic E-state index is -0.359. The molecule has 1 aliphatic rings. The standard InChI is InChI=1S/C6H10.C5H8O2/c1-2-3-6-4-5-6;1-3-5(6)7-4-2/h3H,2,4-5H2,1H3;3H,1,4H2,2H3. The van der Waals surface area contributed by atoms with E-state index in [0.29, 0.717) is 6.61 Å². The molecule has 0 aromatic rings. The monoisotopic (exact) mass is 182 g/mol. The van der Waals surface area contributed by atoms with Crippen LogP contribution in [0.1, 0.15) is 33.1 Å². The molecule has 1 fully saturated rings. The SMILES string of the molecule is C=CC(=O)OCC.CCC=C1CC1. The van der Waals surface area contributed by atoms with E-state index in [1.165, 1.54) is 19.3 Å². The summed E-state index contributed by atoms with van der Waals surface area (Å²) in [6.45, 7) is 7.56. The van der Waals surface area contributed by atoms with E-state index in [-0.39, 0.29) is 5.97 Å². The lowest BCUT2D eigenvalue weighted by molar-refractivity contribution is -0.137. The van der Waals surface area contributed by atoms with Crippen LogP contribution in [0.25, 0.3) is 0 Å². The zero-order valence-corrected chi connectivity index (χ0v) is 8.51. The van der Waals surface area contributed by atoms with Gasteiger partial charge in [-0.25, -0.2) is 4.79 Å². The first-order valence-electron chi connectivity index (χ1n) is 4.71. The molecule has 74 valence electrons. The largest absolute Gasteiger partial charge is 0.463 e. The van der Waals surface area contributed by atoms with Crippen molar-refractivity contribution in [3.05, 3.63) is 24.3 Å². The van der Waals surface area contributed by atoms with Gasteiger partial charge < -0.3 is 4.74 Å². The Morgan fingerprint density at radius 2 is 2.15 bits per heavy atom. The fourth-order valence-electron chi connectivity index (χ4n) is 0.766. The molecule has 2 nitrogen and oxygen atoms in total. The number of ether oxygens (including phenoxy) is 1. The summed E-state index contributed by atoms with van der Waals surface area (Å²) in [6.07, 6.45) is 7.46. The highest BCUT2D eigenvalue weighted by molar-refractivity contribution is 5.81. The van der Waals surface area contributed by atoms with Crippen LogP contribution >= 0.6 is 0 Å². The second-order valence-corrected chi connectivity index (χ2v) is 2.73. The predicted octanol–water partition coefficient (Wildman–Crippen LogP) is 2.85. The summed E-state index contributed by atoms with van der Waals surface area (Å²) in [5.41, 5.74) is 1.66. The molecule has 0 bridgehead atoms. The second kappa shape index (κ2) is 7.59. The summed E-state index contributed by atoms with van der Waals surface area (Å²) in [7, 11) is 0. The Labute approximate surface area is 80.3 Å². The van der Waals surface area contributed by atoms with Crippen LogP contribution in [0.2, 0.25) is 0 Å². The summed E-state index contributed by atoms with van der Waals surface area (Å²) in [6, 6.07) is 0. The van der Waals surface area contributed by atoms with Gasteiger partial charge in [0.1, 0.15) is 0 Å². The summed E-state index contributed by atoms with van der Waals surface area (Å²) in [5, 5.41) is 0. The molecule has 0 atom stereocenters. The molecule has 0 amide bonds. The van der Waals surface area contributed by atoms with E-state index in [1.54, 1.807) is 12.5 Å². The van der Waals surface area contributed by atoms with Crippen molar-refractivity contribution in [3.8, 4) is 0 Å². The molecule has 1 saturated carbocycles. The zero-order chi connectivity index (χ0) is 10.1. The Hall–Kier alpha value is -1.05. The number of hydrogen-bond donors (Lipinski definition) is 0. The fraction of sp³-hybridized carbons (Fsp3) is 0.545. The summed E-state index contributed by atoms with van der Waals surface area (Å²) in [4.78, 5) is 10.1. The van der Waals surface area contributed by atoms with E-state index in [2.05, 4.69) is 24.3 Å². The zero-order valence-electron chi connectivity index (χ0n) is 8.51. The van der Waals surface area contributed by atoms with E-state index in [1.807, 2.05) is 0 Å². The van der Waals surface area contributed by atoms with Crippen LogP contribution < -0.4 is 0 Å². The first-order chi connectivity index (χ1) is 6.24. The molecule has 13 heavy (non-hydrogen) atoms. The summed E-state index contributed by atoms with van der Waals surface area (Å²) >= 11 is 0. The van der Waals surface area contributed by atoms with Crippen LogP contribution in [0.3, 0.4) is 0 Å². The van der Waals surface area contributed by atoms with Gasteiger partial charge in [0.05, 0.1) is 6.61 Å². The maximum atomic E-state index is 10.1. The fourth-order valence-corrected chi connectivity index (χ4v) is 0.766. The summed E-state index contributed by atoms with van der Waals surface area (Å²) < 4.78 is 4.43. The molecule has 0 aromatic carbocycles. The van der Waals surface area contributed by atoms with Crippen molar-refractivity contribution in [2.45, 2.75) is 33.1 Å². The average Bonchev–Trinajstić information content (AvgIpc) is 2.91. The van der Waals surface area contributed by atoms with Gasteiger partial charge in [0.15, 0.2) is 0 Å². The highest BCUT2D eigenvalue weighted by Crippen LogP contribution is 2.27. The topological polar surface area (TPSA) is 26.3 Å². The molecule has 0 heterocycles. The smallest absolute Gasteiger partial charge is 0.330 e. The molecule has 2 heteroatoms. The van der Waals surface area contributed by atoms with Crippen molar-refractivity contribution in [1.82, 2.24) is 0 Å². The van der Waals surface area contributed by atoms with E-state index >= 15 is 0 Å². The number of hydrogen-bond acceptors (Lipinski definition) is 2. The van der Waals surface area contributed by atoms with Crippen molar-refractivity contribution in [1.29, 1.82) is 0 Å². The van der Waals surface area contributed by atoms with Gasteiger partial charge in [-0.05, 0) is 26.2 Å². The molecular formula is C11H18O2. The number of esters is 1. The van der Waals surface area contributed by atoms with Crippen molar-refractivity contribution in [2.24, 2.45) is 0 Å². The van der Waals surface area contributed by atoms with E-state index < -0.39 is 0 Å². The minimum Gasteiger partial charge on any atom is -0.463 e. The first-order valence-corrected chi connectivity index (χ1v) is 4.71. The Morgan fingerprint density at radius 1 is 1.54 bits per heavy atom. The Balaban J connectivity index is 0.000000223. The molecule has 1 rings (SSSR count). The lowest BCUT2D eigenvalue weighted by Gasteiger charge is -1.90.